The lowest BCUT2D eigenvalue weighted by Gasteiger charge is -2.27. The number of likely N-dealkylation sites (N-methyl/N-ethyl adjacent to an activating group) is 1. The van der Waals surface area contributed by atoms with Crippen molar-refractivity contribution in [1.82, 2.24) is 0 Å². The highest BCUT2D eigenvalue weighted by Gasteiger charge is 2.16. The minimum atomic E-state index is -4.50. The molecular formula is C44H84NO7P. The molecule has 9 heteroatoms. The number of nitrogens with zero attached hydrogens (tertiary/aromatic N) is 1. The van der Waals surface area contributed by atoms with Crippen LogP contribution in [0.4, 0.5) is 0 Å². The average molecular weight is 770 g/mol. The minimum Gasteiger partial charge on any atom is -0.756 e. The van der Waals surface area contributed by atoms with Crippen molar-refractivity contribution in [2.24, 2.45) is 0 Å². The molecule has 0 aromatic heterocycles. The summed E-state index contributed by atoms with van der Waals surface area (Å²) in [6.45, 7) is 1.95. The van der Waals surface area contributed by atoms with Crippen molar-refractivity contribution in [2.45, 2.75) is 193 Å². The maximum atomic E-state index is 11.9. The number of hydrogen-bond donors (Lipinski definition) is 1. The normalized spacial score (nSPS) is 14.2. The number of carbonyl (C=O) groups excluding carboxylic acids is 1. The van der Waals surface area contributed by atoms with Crippen molar-refractivity contribution in [1.29, 1.82) is 0 Å². The molecule has 0 aliphatic carbocycles. The van der Waals surface area contributed by atoms with Crippen LogP contribution in [0, 0.1) is 0 Å². The molecule has 0 radical (unpaired) electrons. The van der Waals surface area contributed by atoms with Gasteiger partial charge in [-0.25, -0.2) is 0 Å². The Balaban J connectivity index is 3.38. The second-order valence-corrected chi connectivity index (χ2v) is 17.3. The Bertz CT molecular complexity index is 947. The van der Waals surface area contributed by atoms with E-state index in [1.54, 1.807) is 0 Å². The number of carbonyl (C=O) groups is 1. The Kier molecular flexibility index (Phi) is 36.7. The lowest BCUT2D eigenvalue weighted by Crippen LogP contribution is -2.37. The first-order valence-corrected chi connectivity index (χ1v) is 23.2. The van der Waals surface area contributed by atoms with Gasteiger partial charge >= 0.3 is 5.97 Å². The molecule has 0 heterocycles. The molecule has 0 aliphatic heterocycles. The highest BCUT2D eigenvalue weighted by Crippen LogP contribution is 2.38. The van der Waals surface area contributed by atoms with E-state index < -0.39 is 20.5 Å². The standard InChI is InChI=1S/C44H84NO7P/c1-5-6-7-8-9-10-11-12-13-14-15-16-17-18-19-20-21-22-23-24-25-26-27-28-29-30-31-32-33-34-35-36-37-38-44(47)50-41-43(46)42-52-53(48,49)51-40-39-45(2,3)4/h11-12,14-15,17-18,43,46H,5-10,13,16,19-42H2,1-4H3/b12-11-,15-14-,18-17-. The van der Waals surface area contributed by atoms with Crippen LogP contribution < -0.4 is 4.89 Å². The van der Waals surface area contributed by atoms with Gasteiger partial charge in [-0.2, -0.15) is 0 Å². The van der Waals surface area contributed by atoms with E-state index in [4.69, 9.17) is 13.8 Å². The third-order valence-corrected chi connectivity index (χ3v) is 10.4. The SMILES string of the molecule is CCCCCCC/C=C\C/C=C\C/C=C\CCCCCCCCCCCCCCCCCCCCC(=O)OCC(O)COP(=O)([O-])OCC[N+](C)(C)C. The van der Waals surface area contributed by atoms with Gasteiger partial charge in [-0.3, -0.25) is 9.36 Å². The van der Waals surface area contributed by atoms with Gasteiger partial charge in [0.1, 0.15) is 25.9 Å². The van der Waals surface area contributed by atoms with Gasteiger partial charge in [0.05, 0.1) is 27.7 Å². The van der Waals surface area contributed by atoms with Crippen LogP contribution in [-0.4, -0.2) is 69.2 Å². The fourth-order valence-electron chi connectivity index (χ4n) is 5.95. The summed E-state index contributed by atoms with van der Waals surface area (Å²) in [4.78, 5) is 23.7. The predicted molar refractivity (Wildman–Crippen MR) is 222 cm³/mol. The third kappa shape index (κ3) is 43.3. The van der Waals surface area contributed by atoms with E-state index in [0.29, 0.717) is 17.4 Å². The van der Waals surface area contributed by atoms with Gasteiger partial charge < -0.3 is 28.3 Å². The number of aliphatic hydroxyl groups excluding tert-OH is 1. The number of phosphoric ester groups is 1. The lowest BCUT2D eigenvalue weighted by molar-refractivity contribution is -0.870. The van der Waals surface area contributed by atoms with E-state index >= 15 is 0 Å². The number of unbranched alkanes of at least 4 members (excludes halogenated alkanes) is 23. The van der Waals surface area contributed by atoms with Crippen LogP contribution in [0.5, 0.6) is 0 Å². The minimum absolute atomic E-state index is 0.00758. The number of ether oxygens (including phenoxy) is 1. The fraction of sp³-hybridized carbons (Fsp3) is 0.841. The summed E-state index contributed by atoms with van der Waals surface area (Å²) >= 11 is 0. The summed E-state index contributed by atoms with van der Waals surface area (Å²) < 4.78 is 26.9. The maximum Gasteiger partial charge on any atom is 0.305 e. The third-order valence-electron chi connectivity index (χ3n) is 9.39. The van der Waals surface area contributed by atoms with Crippen molar-refractivity contribution in [2.75, 3.05) is 47.5 Å². The Morgan fingerprint density at radius 2 is 1.00 bits per heavy atom. The molecule has 0 aromatic carbocycles. The molecule has 0 amide bonds. The number of phosphoric acid groups is 1. The monoisotopic (exact) mass is 770 g/mol. The molecule has 0 aromatic rings. The second kappa shape index (κ2) is 37.6. The van der Waals surface area contributed by atoms with Crippen molar-refractivity contribution in [3.05, 3.63) is 36.5 Å². The smallest absolute Gasteiger partial charge is 0.305 e. The van der Waals surface area contributed by atoms with Crippen molar-refractivity contribution < 1.29 is 37.6 Å². The number of quaternary nitrogens is 1. The maximum absolute atomic E-state index is 11.9. The predicted octanol–water partition coefficient (Wildman–Crippen LogP) is 11.7. The first kappa shape index (κ1) is 51.7. The number of hydrogen-bond acceptors (Lipinski definition) is 7. The van der Waals surface area contributed by atoms with Gasteiger partial charge in [0.2, 0.25) is 0 Å². The second-order valence-electron chi connectivity index (χ2n) is 15.9. The van der Waals surface area contributed by atoms with Gasteiger partial charge in [0.15, 0.2) is 0 Å². The van der Waals surface area contributed by atoms with Crippen LogP contribution in [0.25, 0.3) is 0 Å². The van der Waals surface area contributed by atoms with Crippen LogP contribution in [0.1, 0.15) is 187 Å². The number of esters is 1. The van der Waals surface area contributed by atoms with Gasteiger partial charge in [0.25, 0.3) is 7.82 Å². The first-order valence-electron chi connectivity index (χ1n) is 21.7. The zero-order valence-electron chi connectivity index (χ0n) is 35.0. The summed E-state index contributed by atoms with van der Waals surface area (Å²) in [6.07, 6.45) is 47.5. The first-order chi connectivity index (χ1) is 25.6. The molecule has 0 spiro atoms. The quantitative estimate of drug-likeness (QED) is 0.0217. The fourth-order valence-corrected chi connectivity index (χ4v) is 6.69. The van der Waals surface area contributed by atoms with Crippen molar-refractivity contribution >= 4 is 13.8 Å². The van der Waals surface area contributed by atoms with Crippen LogP contribution >= 0.6 is 7.82 Å². The Hall–Kier alpha value is -1.28. The Labute approximate surface area is 327 Å². The highest BCUT2D eigenvalue weighted by molar-refractivity contribution is 7.45. The van der Waals surface area contributed by atoms with E-state index in [1.807, 2.05) is 21.1 Å². The van der Waals surface area contributed by atoms with E-state index in [-0.39, 0.29) is 19.2 Å². The zero-order chi connectivity index (χ0) is 39.1. The van der Waals surface area contributed by atoms with Gasteiger partial charge in [-0.1, -0.05) is 172 Å². The highest BCUT2D eigenvalue weighted by atomic mass is 31.2. The van der Waals surface area contributed by atoms with Crippen molar-refractivity contribution in [3.8, 4) is 0 Å². The molecule has 0 saturated heterocycles. The molecule has 2 atom stereocenters. The van der Waals surface area contributed by atoms with Gasteiger partial charge in [0, 0.05) is 6.42 Å². The molecule has 1 N–H and O–H groups in total. The number of aliphatic hydroxyl groups is 1. The molecule has 0 saturated carbocycles. The van der Waals surface area contributed by atoms with E-state index in [0.717, 1.165) is 32.1 Å². The topological polar surface area (TPSA) is 105 Å². The summed E-state index contributed by atoms with van der Waals surface area (Å²) in [6, 6.07) is 0. The summed E-state index contributed by atoms with van der Waals surface area (Å²) in [5.74, 6) is -0.385. The Morgan fingerprint density at radius 1 is 0.604 bits per heavy atom. The van der Waals surface area contributed by atoms with Gasteiger partial charge in [-0.15, -0.1) is 0 Å². The molecule has 0 fully saturated rings. The average Bonchev–Trinajstić information content (AvgIpc) is 3.11. The largest absolute Gasteiger partial charge is 0.756 e. The molecule has 53 heavy (non-hydrogen) atoms. The number of allylic oxidation sites excluding steroid dienone is 6. The van der Waals surface area contributed by atoms with Crippen molar-refractivity contribution in [3.63, 3.8) is 0 Å². The molecule has 0 bridgehead atoms. The molecule has 0 aliphatic rings. The molecule has 2 unspecified atom stereocenters. The van der Waals surface area contributed by atoms with Crippen LogP contribution in [0.3, 0.4) is 0 Å². The van der Waals surface area contributed by atoms with Gasteiger partial charge in [-0.05, 0) is 44.9 Å². The van der Waals surface area contributed by atoms with E-state index in [9.17, 15) is 19.4 Å². The zero-order valence-corrected chi connectivity index (χ0v) is 35.9. The summed E-state index contributed by atoms with van der Waals surface area (Å²) in [5.41, 5.74) is 0. The van der Waals surface area contributed by atoms with E-state index in [1.165, 1.54) is 141 Å². The molecule has 312 valence electrons. The lowest BCUT2D eigenvalue weighted by atomic mass is 10.0. The van der Waals surface area contributed by atoms with E-state index in [2.05, 4.69) is 43.4 Å². The Morgan fingerprint density at radius 3 is 1.43 bits per heavy atom. The number of rotatable bonds is 40. The van der Waals surface area contributed by atoms with Crippen LogP contribution in [0.2, 0.25) is 0 Å². The summed E-state index contributed by atoms with van der Waals surface area (Å²) in [5, 5.41) is 9.89. The molecule has 0 rings (SSSR count). The van der Waals surface area contributed by atoms with Crippen LogP contribution in [0.15, 0.2) is 36.5 Å². The van der Waals surface area contributed by atoms with Crippen LogP contribution in [-0.2, 0) is 23.1 Å². The molecular weight excluding hydrogens is 685 g/mol. The summed E-state index contributed by atoms with van der Waals surface area (Å²) in [7, 11) is 1.25. The molecule has 8 nitrogen and oxygen atoms in total.